The molecule has 1 saturated carbocycles. The van der Waals surface area contributed by atoms with E-state index >= 15 is 0 Å². The van der Waals surface area contributed by atoms with E-state index in [4.69, 9.17) is 0 Å². The van der Waals surface area contributed by atoms with Crippen LogP contribution >= 0.6 is 0 Å². The summed E-state index contributed by atoms with van der Waals surface area (Å²) in [6.45, 7) is 0. The molecule has 1 heterocycles. The van der Waals surface area contributed by atoms with Gasteiger partial charge in [-0.2, -0.15) is 13.5 Å². The smallest absolute Gasteiger partial charge is 0.274 e. The zero-order valence-electron chi connectivity index (χ0n) is 8.48. The van der Waals surface area contributed by atoms with Crippen molar-refractivity contribution in [1.82, 2.24) is 9.78 Å². The maximum absolute atomic E-state index is 13.0. The van der Waals surface area contributed by atoms with Gasteiger partial charge in [0.2, 0.25) is 0 Å². The Morgan fingerprint density at radius 1 is 1.47 bits per heavy atom. The molecule has 0 bridgehead atoms. The highest BCUT2D eigenvalue weighted by molar-refractivity contribution is 7.86. The zero-order valence-corrected chi connectivity index (χ0v) is 9.30. The lowest BCUT2D eigenvalue weighted by Gasteiger charge is -2.05. The highest BCUT2D eigenvalue weighted by Crippen LogP contribution is 2.36. The molecule has 15 heavy (non-hydrogen) atoms. The van der Waals surface area contributed by atoms with Crippen molar-refractivity contribution in [1.29, 1.82) is 0 Å². The maximum atomic E-state index is 13.0. The van der Waals surface area contributed by atoms with Gasteiger partial charge in [-0.25, -0.2) is 0 Å². The summed E-state index contributed by atoms with van der Waals surface area (Å²) >= 11 is 0. The van der Waals surface area contributed by atoms with Gasteiger partial charge in [-0.15, -0.1) is 3.89 Å². The summed E-state index contributed by atoms with van der Waals surface area (Å²) in [5, 5.41) is 4.06. The van der Waals surface area contributed by atoms with E-state index in [9.17, 15) is 12.3 Å². The number of aryl methyl sites for hydroxylation is 1. The van der Waals surface area contributed by atoms with E-state index in [1.807, 2.05) is 0 Å². The molecular formula is C9H13FN2O2S. The first-order valence-electron chi connectivity index (χ1n) is 4.96. The van der Waals surface area contributed by atoms with Crippen LogP contribution in [0.4, 0.5) is 3.89 Å². The molecule has 6 heteroatoms. The van der Waals surface area contributed by atoms with Crippen molar-refractivity contribution >= 4 is 10.2 Å². The number of nitrogens with zero attached hydrogens (tertiary/aromatic N) is 2. The second-order valence-electron chi connectivity index (χ2n) is 3.97. The minimum atomic E-state index is -4.63. The lowest BCUT2D eigenvalue weighted by Crippen LogP contribution is -2.01. The van der Waals surface area contributed by atoms with Crippen molar-refractivity contribution in [2.45, 2.75) is 36.5 Å². The molecular weight excluding hydrogens is 219 g/mol. The van der Waals surface area contributed by atoms with Gasteiger partial charge in [0.25, 0.3) is 0 Å². The number of aromatic nitrogens is 2. The van der Waals surface area contributed by atoms with Crippen molar-refractivity contribution in [3.05, 3.63) is 11.9 Å². The SMILES string of the molecule is Cn1cc(S(=O)(=O)F)c(C2CCCC2)n1. The first kappa shape index (κ1) is 10.6. The lowest BCUT2D eigenvalue weighted by molar-refractivity contribution is 0.548. The van der Waals surface area contributed by atoms with E-state index in [1.165, 1.54) is 10.9 Å². The Labute approximate surface area is 88.3 Å². The zero-order chi connectivity index (χ0) is 11.1. The minimum absolute atomic E-state index is 0.103. The third kappa shape index (κ3) is 2.04. The third-order valence-electron chi connectivity index (χ3n) is 2.83. The van der Waals surface area contributed by atoms with Crippen LogP contribution < -0.4 is 0 Å². The third-order valence-corrected chi connectivity index (χ3v) is 3.67. The van der Waals surface area contributed by atoms with Gasteiger partial charge in [-0.1, -0.05) is 12.8 Å². The van der Waals surface area contributed by atoms with E-state index in [0.29, 0.717) is 5.69 Å². The predicted octanol–water partition coefficient (Wildman–Crippen LogP) is 1.74. The summed E-state index contributed by atoms with van der Waals surface area (Å²) in [5.41, 5.74) is 0.400. The van der Waals surface area contributed by atoms with Crippen molar-refractivity contribution in [2.24, 2.45) is 7.05 Å². The highest BCUT2D eigenvalue weighted by atomic mass is 32.3. The molecule has 84 valence electrons. The van der Waals surface area contributed by atoms with Gasteiger partial charge in [-0.05, 0) is 12.8 Å². The Morgan fingerprint density at radius 2 is 2.07 bits per heavy atom. The van der Waals surface area contributed by atoms with Gasteiger partial charge in [0, 0.05) is 19.2 Å². The van der Waals surface area contributed by atoms with Gasteiger partial charge in [0.05, 0.1) is 5.69 Å². The minimum Gasteiger partial charge on any atom is -0.274 e. The molecule has 0 amide bonds. The number of rotatable bonds is 2. The fraction of sp³-hybridized carbons (Fsp3) is 0.667. The number of hydrogen-bond donors (Lipinski definition) is 0. The first-order chi connectivity index (χ1) is 6.98. The van der Waals surface area contributed by atoms with Gasteiger partial charge in [0.1, 0.15) is 4.90 Å². The molecule has 0 N–H and O–H groups in total. The molecule has 2 rings (SSSR count). The van der Waals surface area contributed by atoms with Crippen LogP contribution in [-0.4, -0.2) is 18.2 Å². The Kier molecular flexibility index (Phi) is 2.54. The Balaban J connectivity index is 2.46. The van der Waals surface area contributed by atoms with E-state index in [-0.39, 0.29) is 10.8 Å². The quantitative estimate of drug-likeness (QED) is 0.730. The van der Waals surface area contributed by atoms with E-state index in [0.717, 1.165) is 25.7 Å². The fourth-order valence-corrected chi connectivity index (χ4v) is 2.89. The molecule has 0 aromatic carbocycles. The first-order valence-corrected chi connectivity index (χ1v) is 6.35. The molecule has 0 atom stereocenters. The monoisotopic (exact) mass is 232 g/mol. The summed E-state index contributed by atoms with van der Waals surface area (Å²) < 4.78 is 36.1. The maximum Gasteiger partial charge on any atom is 0.335 e. The second kappa shape index (κ2) is 3.59. The number of hydrogen-bond acceptors (Lipinski definition) is 3. The molecule has 0 spiro atoms. The lowest BCUT2D eigenvalue weighted by atomic mass is 10.1. The largest absolute Gasteiger partial charge is 0.335 e. The van der Waals surface area contributed by atoms with E-state index in [2.05, 4.69) is 5.10 Å². The van der Waals surface area contributed by atoms with Crippen molar-refractivity contribution in [2.75, 3.05) is 0 Å². The average Bonchev–Trinajstić information content (AvgIpc) is 2.68. The van der Waals surface area contributed by atoms with Crippen LogP contribution in [0, 0.1) is 0 Å². The fourth-order valence-electron chi connectivity index (χ4n) is 2.15. The number of halogens is 1. The van der Waals surface area contributed by atoms with Gasteiger partial charge in [0.15, 0.2) is 0 Å². The average molecular weight is 232 g/mol. The Hall–Kier alpha value is -0.910. The molecule has 0 saturated heterocycles. The van der Waals surface area contributed by atoms with Crippen LogP contribution in [-0.2, 0) is 17.3 Å². The van der Waals surface area contributed by atoms with Gasteiger partial charge in [-0.3, -0.25) is 4.68 Å². The van der Waals surface area contributed by atoms with Crippen LogP contribution in [0.1, 0.15) is 37.3 Å². The molecule has 4 nitrogen and oxygen atoms in total. The highest BCUT2D eigenvalue weighted by Gasteiger charge is 2.28. The van der Waals surface area contributed by atoms with Gasteiger partial charge >= 0.3 is 10.2 Å². The summed E-state index contributed by atoms with van der Waals surface area (Å²) in [6, 6.07) is 0. The van der Waals surface area contributed by atoms with Crippen LogP contribution in [0.15, 0.2) is 11.1 Å². The molecule has 1 aromatic rings. The summed E-state index contributed by atoms with van der Waals surface area (Å²) in [4.78, 5) is -0.253. The van der Waals surface area contributed by atoms with Crippen LogP contribution in [0.3, 0.4) is 0 Å². The second-order valence-corrected chi connectivity index (χ2v) is 5.29. The van der Waals surface area contributed by atoms with Crippen molar-refractivity contribution in [3.8, 4) is 0 Å². The topological polar surface area (TPSA) is 52.0 Å². The molecule has 1 aliphatic rings. The molecule has 0 unspecified atom stereocenters. The predicted molar refractivity (Wildman–Crippen MR) is 52.7 cm³/mol. The van der Waals surface area contributed by atoms with E-state index in [1.54, 1.807) is 7.05 Å². The Morgan fingerprint density at radius 3 is 2.60 bits per heavy atom. The normalized spacial score (nSPS) is 18.5. The van der Waals surface area contributed by atoms with Crippen molar-refractivity contribution in [3.63, 3.8) is 0 Å². The summed E-state index contributed by atoms with van der Waals surface area (Å²) in [7, 11) is -3.03. The van der Waals surface area contributed by atoms with Crippen LogP contribution in [0.25, 0.3) is 0 Å². The summed E-state index contributed by atoms with van der Waals surface area (Å²) in [6.07, 6.45) is 5.17. The molecule has 1 fully saturated rings. The van der Waals surface area contributed by atoms with Gasteiger partial charge < -0.3 is 0 Å². The van der Waals surface area contributed by atoms with Crippen LogP contribution in [0.2, 0.25) is 0 Å². The van der Waals surface area contributed by atoms with E-state index < -0.39 is 10.2 Å². The summed E-state index contributed by atoms with van der Waals surface area (Å²) in [5.74, 6) is 0.103. The van der Waals surface area contributed by atoms with Crippen molar-refractivity contribution < 1.29 is 12.3 Å². The Bertz CT molecular complexity index is 460. The standard InChI is InChI=1S/C9H13FN2O2S/c1-12-6-8(15(10,13)14)9(11-12)7-4-2-3-5-7/h6-7H,2-5H2,1H3. The molecule has 0 radical (unpaired) electrons. The molecule has 1 aromatic heterocycles. The molecule has 0 aliphatic heterocycles. The molecule has 1 aliphatic carbocycles. The van der Waals surface area contributed by atoms with Crippen LogP contribution in [0.5, 0.6) is 0 Å².